The number of ketones is 2. The van der Waals surface area contributed by atoms with Crippen LogP contribution in [0, 0.1) is 27.9 Å². The van der Waals surface area contributed by atoms with Gasteiger partial charge in [0.1, 0.15) is 16.1 Å². The lowest BCUT2D eigenvalue weighted by atomic mass is 9.94. The van der Waals surface area contributed by atoms with Gasteiger partial charge < -0.3 is 19.1 Å². The van der Waals surface area contributed by atoms with Crippen molar-refractivity contribution in [3.8, 4) is 0 Å². The van der Waals surface area contributed by atoms with E-state index in [1.165, 1.54) is 24.5 Å². The molecule has 0 saturated heterocycles. The molecule has 0 unspecified atom stereocenters. The number of rotatable bonds is 22. The molecule has 0 bridgehead atoms. The average Bonchev–Trinajstić information content (AvgIpc) is 3.50. The number of carbonyl (C=O) groups excluding carboxylic acids is 4. The van der Waals surface area contributed by atoms with Gasteiger partial charge in [0, 0.05) is 60.1 Å². The van der Waals surface area contributed by atoms with Crippen LogP contribution in [0.4, 0.5) is 5.69 Å². The third kappa shape index (κ3) is 12.1. The predicted molar refractivity (Wildman–Crippen MR) is 206 cm³/mol. The Bertz CT molecular complexity index is 1860. The highest BCUT2D eigenvalue weighted by Crippen LogP contribution is 2.43. The van der Waals surface area contributed by atoms with E-state index in [4.69, 9.17) is 19.1 Å². The SMILES string of the molecule is COCCC/C(=N\OC(=O)C(C)C)C(=O)c1cc(CCCCC(C)C)c2sc3c([N+](=O)[O-])cc(C(=O)/C(CCCOC)=N/OC(=O)C(C)C)cc3c2c1. The number of ether oxygens (including phenoxy) is 2. The van der Waals surface area contributed by atoms with E-state index in [0.29, 0.717) is 53.9 Å². The van der Waals surface area contributed by atoms with Crippen molar-refractivity contribution in [3.05, 3.63) is 51.1 Å². The van der Waals surface area contributed by atoms with Crippen molar-refractivity contribution in [2.45, 2.75) is 92.9 Å². The molecule has 1 heterocycles. The average molecular weight is 754 g/mol. The van der Waals surface area contributed by atoms with Crippen LogP contribution < -0.4 is 0 Å². The summed E-state index contributed by atoms with van der Waals surface area (Å²) in [6.07, 6.45) is 4.50. The lowest BCUT2D eigenvalue weighted by Gasteiger charge is -2.11. The number of unbranched alkanes of at least 4 members (excludes halogenated alkanes) is 1. The van der Waals surface area contributed by atoms with Crippen molar-refractivity contribution < 1.29 is 43.3 Å². The minimum Gasteiger partial charge on any atom is -0.385 e. The summed E-state index contributed by atoms with van der Waals surface area (Å²) in [6.45, 7) is 11.6. The molecule has 0 aliphatic rings. The van der Waals surface area contributed by atoms with Crippen LogP contribution in [0.25, 0.3) is 20.2 Å². The van der Waals surface area contributed by atoms with E-state index in [-0.39, 0.29) is 41.1 Å². The highest BCUT2D eigenvalue weighted by molar-refractivity contribution is 7.26. The molecule has 0 saturated carbocycles. The zero-order chi connectivity index (χ0) is 39.2. The molecule has 0 radical (unpaired) electrons. The van der Waals surface area contributed by atoms with Gasteiger partial charge in [0.05, 0.1) is 16.8 Å². The molecule has 53 heavy (non-hydrogen) atoms. The lowest BCUT2D eigenvalue weighted by molar-refractivity contribution is -0.382. The Morgan fingerprint density at radius 3 is 1.66 bits per heavy atom. The second kappa shape index (κ2) is 20.7. The maximum Gasteiger partial charge on any atom is 0.337 e. The normalized spacial score (nSPS) is 12.4. The fraction of sp³-hybridized carbons (Fsp3) is 0.538. The summed E-state index contributed by atoms with van der Waals surface area (Å²) < 4.78 is 11.4. The molecule has 2 aromatic carbocycles. The Morgan fingerprint density at radius 1 is 0.717 bits per heavy atom. The molecule has 0 atom stereocenters. The zero-order valence-electron chi connectivity index (χ0n) is 31.9. The maximum atomic E-state index is 14.1. The Labute approximate surface area is 314 Å². The van der Waals surface area contributed by atoms with Crippen molar-refractivity contribution in [1.82, 2.24) is 0 Å². The number of hydrogen-bond donors (Lipinski definition) is 0. The van der Waals surface area contributed by atoms with Crippen LogP contribution in [0.1, 0.15) is 113 Å². The molecule has 0 spiro atoms. The van der Waals surface area contributed by atoms with Crippen LogP contribution in [0.15, 0.2) is 34.6 Å². The van der Waals surface area contributed by atoms with Crippen molar-refractivity contribution in [3.63, 3.8) is 0 Å². The van der Waals surface area contributed by atoms with Gasteiger partial charge in [-0.05, 0) is 68.2 Å². The Hall–Kier alpha value is -4.40. The van der Waals surface area contributed by atoms with Gasteiger partial charge in [-0.1, -0.05) is 64.7 Å². The monoisotopic (exact) mass is 753 g/mol. The van der Waals surface area contributed by atoms with Crippen LogP contribution in [-0.2, 0) is 35.2 Å². The first-order valence-electron chi connectivity index (χ1n) is 18.0. The third-order valence-electron chi connectivity index (χ3n) is 8.41. The smallest absolute Gasteiger partial charge is 0.337 e. The lowest BCUT2D eigenvalue weighted by Crippen LogP contribution is -2.18. The molecule has 14 heteroatoms. The number of thiophene rings is 1. The standard InChI is InChI=1S/C39H51N3O10S/c1-23(2)13-9-10-14-26-19-27(34(43)31(15-11-17-49-7)40-51-38(45)24(3)4)20-29-30-21-28(22-33(42(47)48)37(30)53-36(26)29)35(44)32(16-12-18-50-8)41-52-39(46)25(5)6/h19-25H,9-18H2,1-8H3/b40-31+,41-32+. The van der Waals surface area contributed by atoms with E-state index in [1.54, 1.807) is 53.0 Å². The number of benzene rings is 2. The van der Waals surface area contributed by atoms with Gasteiger partial charge in [0.15, 0.2) is 0 Å². The van der Waals surface area contributed by atoms with E-state index < -0.39 is 40.3 Å². The number of Topliss-reactive ketones (excluding diaryl/α,β-unsaturated/α-hetero) is 2. The first-order chi connectivity index (χ1) is 25.2. The summed E-state index contributed by atoms with van der Waals surface area (Å²) in [5.41, 5.74) is 0.765. The van der Waals surface area contributed by atoms with Gasteiger partial charge >= 0.3 is 11.9 Å². The van der Waals surface area contributed by atoms with Crippen LogP contribution in [0.5, 0.6) is 0 Å². The van der Waals surface area contributed by atoms with Crippen LogP contribution in [0.3, 0.4) is 0 Å². The molecule has 1 aromatic heterocycles. The number of nitrogens with zero attached hydrogens (tertiary/aromatic N) is 3. The number of oxime groups is 2. The first-order valence-corrected chi connectivity index (χ1v) is 18.8. The molecule has 13 nitrogen and oxygen atoms in total. The van der Waals surface area contributed by atoms with Gasteiger partial charge in [0.2, 0.25) is 11.6 Å². The summed E-state index contributed by atoms with van der Waals surface area (Å²) in [5.74, 6) is -2.74. The molecule has 0 amide bonds. The van der Waals surface area contributed by atoms with E-state index in [2.05, 4.69) is 24.2 Å². The minimum atomic E-state index is -0.636. The highest BCUT2D eigenvalue weighted by atomic mass is 32.1. The maximum absolute atomic E-state index is 14.1. The number of methoxy groups -OCH3 is 2. The van der Waals surface area contributed by atoms with Crippen molar-refractivity contribution >= 4 is 72.1 Å². The van der Waals surface area contributed by atoms with E-state index in [1.807, 2.05) is 0 Å². The summed E-state index contributed by atoms with van der Waals surface area (Å²) in [5, 5.41) is 21.4. The minimum absolute atomic E-state index is 0.0155. The summed E-state index contributed by atoms with van der Waals surface area (Å²) >= 11 is 1.24. The summed E-state index contributed by atoms with van der Waals surface area (Å²) in [6, 6.07) is 6.22. The molecular formula is C39H51N3O10S. The number of hydrogen-bond acceptors (Lipinski definition) is 13. The van der Waals surface area contributed by atoms with E-state index in [0.717, 1.165) is 29.5 Å². The molecule has 0 aliphatic carbocycles. The van der Waals surface area contributed by atoms with Gasteiger partial charge in [0.25, 0.3) is 5.69 Å². The fourth-order valence-corrected chi connectivity index (χ4v) is 6.69. The second-order valence-corrected chi connectivity index (χ2v) is 15.0. The van der Waals surface area contributed by atoms with Crippen LogP contribution in [0.2, 0.25) is 0 Å². The van der Waals surface area contributed by atoms with Gasteiger partial charge in [-0.3, -0.25) is 19.7 Å². The number of nitro groups is 1. The molecule has 3 rings (SSSR count). The summed E-state index contributed by atoms with van der Waals surface area (Å²) in [7, 11) is 3.06. The Balaban J connectivity index is 2.28. The van der Waals surface area contributed by atoms with Gasteiger partial charge in [-0.25, -0.2) is 9.59 Å². The summed E-state index contributed by atoms with van der Waals surface area (Å²) in [4.78, 5) is 74.8. The number of fused-ring (bicyclic) bond motifs is 3. The molecule has 288 valence electrons. The molecule has 0 fully saturated rings. The van der Waals surface area contributed by atoms with E-state index in [9.17, 15) is 29.3 Å². The largest absolute Gasteiger partial charge is 0.385 e. The molecule has 0 N–H and O–H groups in total. The molecule has 0 aliphatic heterocycles. The van der Waals surface area contributed by atoms with E-state index >= 15 is 0 Å². The van der Waals surface area contributed by atoms with Crippen molar-refractivity contribution in [1.29, 1.82) is 0 Å². The number of aryl methyl sites for hydroxylation is 1. The number of carbonyl (C=O) groups is 4. The molecule has 3 aromatic rings. The van der Waals surface area contributed by atoms with Gasteiger partial charge in [-0.2, -0.15) is 0 Å². The second-order valence-electron chi connectivity index (χ2n) is 13.9. The topological polar surface area (TPSA) is 173 Å². The fourth-order valence-electron chi connectivity index (χ4n) is 5.40. The Morgan fingerprint density at radius 2 is 1.21 bits per heavy atom. The third-order valence-corrected chi connectivity index (χ3v) is 9.73. The van der Waals surface area contributed by atoms with Crippen molar-refractivity contribution in [2.24, 2.45) is 28.1 Å². The number of nitro benzene ring substituents is 1. The Kier molecular flexibility index (Phi) is 16.8. The van der Waals surface area contributed by atoms with Crippen LogP contribution >= 0.6 is 11.3 Å². The predicted octanol–water partition coefficient (Wildman–Crippen LogP) is 8.66. The first kappa shape index (κ1) is 43.0. The zero-order valence-corrected chi connectivity index (χ0v) is 32.8. The van der Waals surface area contributed by atoms with Crippen molar-refractivity contribution in [2.75, 3.05) is 27.4 Å². The quantitative estimate of drug-likeness (QED) is 0.0241. The van der Waals surface area contributed by atoms with Crippen LogP contribution in [-0.4, -0.2) is 67.3 Å². The number of non-ortho nitro benzene ring substituents is 1. The molecular weight excluding hydrogens is 703 g/mol. The highest BCUT2D eigenvalue weighted by Gasteiger charge is 2.27. The van der Waals surface area contributed by atoms with Gasteiger partial charge in [-0.15, -0.1) is 11.3 Å².